The lowest BCUT2D eigenvalue weighted by Crippen LogP contribution is -2.38. The van der Waals surface area contributed by atoms with Crippen molar-refractivity contribution >= 4 is 47.5 Å². The fraction of sp³-hybridized carbons (Fsp3) is 0.273. The number of amidine groups is 1. The van der Waals surface area contributed by atoms with Gasteiger partial charge in [0.2, 0.25) is 0 Å². The van der Waals surface area contributed by atoms with Crippen molar-refractivity contribution in [3.63, 3.8) is 0 Å². The number of benzene rings is 2. The van der Waals surface area contributed by atoms with Gasteiger partial charge in [-0.2, -0.15) is 0 Å². The molecule has 0 spiro atoms. The summed E-state index contributed by atoms with van der Waals surface area (Å²) in [7, 11) is 1.40. The van der Waals surface area contributed by atoms with E-state index in [-0.39, 0.29) is 60.1 Å². The number of methoxy groups -OCH3 is 1. The summed E-state index contributed by atoms with van der Waals surface area (Å²) in [6.45, 7) is 3.32. The number of ketones is 1. The molecule has 0 saturated heterocycles. The van der Waals surface area contributed by atoms with E-state index >= 15 is 0 Å². The number of hydrogen-bond acceptors (Lipinski definition) is 7. The molecule has 0 radical (unpaired) electrons. The van der Waals surface area contributed by atoms with Crippen LogP contribution in [0.4, 0.5) is 0 Å². The number of carbonyl (C=O) groups excluding carboxylic acids is 3. The maximum atomic E-state index is 12.7. The number of ether oxygens (including phenoxy) is 3. The number of nitrogen functional groups attached to an aromatic ring is 1. The van der Waals surface area contributed by atoms with Crippen LogP contribution < -0.4 is 20.5 Å². The summed E-state index contributed by atoms with van der Waals surface area (Å²) in [4.78, 5) is 36.6. The standard InChI is InChI=1S/C22H25N3O6.HI/c1-4-30-19(26)12-31-16-8-5-14(6-9-16)20(27)13(2)25-22(28)17-10-7-15(21(23)24)11-18(17)29-3;/h5-11,13H,4,12H2,1-3H3,(H3,23,24)(H,25,28);1H. The third kappa shape index (κ3) is 7.22. The predicted molar refractivity (Wildman–Crippen MR) is 129 cm³/mol. The van der Waals surface area contributed by atoms with E-state index in [1.807, 2.05) is 0 Å². The van der Waals surface area contributed by atoms with E-state index in [1.165, 1.54) is 25.3 Å². The predicted octanol–water partition coefficient (Wildman–Crippen LogP) is 2.54. The highest BCUT2D eigenvalue weighted by molar-refractivity contribution is 14.0. The molecule has 0 heterocycles. The van der Waals surface area contributed by atoms with Crippen molar-refractivity contribution in [1.29, 1.82) is 5.41 Å². The van der Waals surface area contributed by atoms with Crippen molar-refractivity contribution in [3.8, 4) is 11.5 Å². The van der Waals surface area contributed by atoms with Gasteiger partial charge < -0.3 is 25.3 Å². The van der Waals surface area contributed by atoms with Crippen molar-refractivity contribution in [2.45, 2.75) is 19.9 Å². The summed E-state index contributed by atoms with van der Waals surface area (Å²) in [5.74, 6) is -0.773. The van der Waals surface area contributed by atoms with Gasteiger partial charge in [0.15, 0.2) is 12.4 Å². The number of amides is 1. The molecule has 1 atom stereocenters. The zero-order chi connectivity index (χ0) is 23.0. The Balaban J connectivity index is 0.00000512. The van der Waals surface area contributed by atoms with Crippen LogP contribution in [-0.2, 0) is 9.53 Å². The first-order chi connectivity index (χ1) is 14.8. The largest absolute Gasteiger partial charge is 0.496 e. The van der Waals surface area contributed by atoms with E-state index in [2.05, 4.69) is 5.32 Å². The van der Waals surface area contributed by atoms with E-state index in [9.17, 15) is 14.4 Å². The molecule has 0 bridgehead atoms. The fourth-order valence-corrected chi connectivity index (χ4v) is 2.70. The third-order valence-corrected chi connectivity index (χ3v) is 4.30. The van der Waals surface area contributed by atoms with Gasteiger partial charge in [0.25, 0.3) is 5.91 Å². The summed E-state index contributed by atoms with van der Waals surface area (Å²) in [5, 5.41) is 10.1. The van der Waals surface area contributed by atoms with Crippen molar-refractivity contribution in [1.82, 2.24) is 5.32 Å². The molecule has 0 aliphatic carbocycles. The third-order valence-electron chi connectivity index (χ3n) is 4.30. The number of esters is 1. The Morgan fingerprint density at radius 3 is 2.28 bits per heavy atom. The molecule has 2 rings (SSSR count). The van der Waals surface area contributed by atoms with Crippen LogP contribution in [0.3, 0.4) is 0 Å². The van der Waals surface area contributed by atoms with Crippen LogP contribution in [0.1, 0.15) is 40.1 Å². The Morgan fingerprint density at radius 2 is 1.72 bits per heavy atom. The zero-order valence-electron chi connectivity index (χ0n) is 18.0. The Labute approximate surface area is 203 Å². The number of carbonyl (C=O) groups is 3. The SMILES string of the molecule is CCOC(=O)COc1ccc(C(=O)C(C)NC(=O)c2ccc(C(=N)N)cc2OC)cc1.I. The van der Waals surface area contributed by atoms with Crippen molar-refractivity contribution < 1.29 is 28.6 Å². The molecule has 32 heavy (non-hydrogen) atoms. The van der Waals surface area contributed by atoms with Gasteiger partial charge in [0.05, 0.1) is 25.3 Å². The number of rotatable bonds is 10. The smallest absolute Gasteiger partial charge is 0.344 e. The van der Waals surface area contributed by atoms with E-state index in [1.54, 1.807) is 38.1 Å². The summed E-state index contributed by atoms with van der Waals surface area (Å²) in [6.07, 6.45) is 0. The molecule has 0 saturated carbocycles. The van der Waals surface area contributed by atoms with Crippen LogP contribution >= 0.6 is 24.0 Å². The average Bonchev–Trinajstić information content (AvgIpc) is 2.77. The lowest BCUT2D eigenvalue weighted by atomic mass is 10.0. The number of nitrogens with one attached hydrogen (secondary N) is 2. The summed E-state index contributed by atoms with van der Waals surface area (Å²) < 4.78 is 15.3. The highest BCUT2D eigenvalue weighted by atomic mass is 127. The zero-order valence-corrected chi connectivity index (χ0v) is 20.3. The van der Waals surface area contributed by atoms with Crippen LogP contribution in [0.5, 0.6) is 11.5 Å². The van der Waals surface area contributed by atoms with Crippen LogP contribution in [0.15, 0.2) is 42.5 Å². The fourth-order valence-electron chi connectivity index (χ4n) is 2.70. The molecule has 1 unspecified atom stereocenters. The van der Waals surface area contributed by atoms with Gasteiger partial charge in [-0.15, -0.1) is 24.0 Å². The molecular formula is C22H26IN3O6. The van der Waals surface area contributed by atoms with E-state index in [0.717, 1.165) is 0 Å². The Bertz CT molecular complexity index is 978. The van der Waals surface area contributed by atoms with Gasteiger partial charge in [-0.1, -0.05) is 6.07 Å². The van der Waals surface area contributed by atoms with Gasteiger partial charge in [-0.05, 0) is 50.2 Å². The minimum absolute atomic E-state index is 0. The summed E-state index contributed by atoms with van der Waals surface area (Å²) >= 11 is 0. The first-order valence-corrected chi connectivity index (χ1v) is 9.52. The number of halogens is 1. The lowest BCUT2D eigenvalue weighted by Gasteiger charge is -2.15. The second-order valence-electron chi connectivity index (χ2n) is 6.51. The molecular weight excluding hydrogens is 529 g/mol. The maximum absolute atomic E-state index is 12.7. The van der Waals surface area contributed by atoms with Gasteiger partial charge in [0, 0.05) is 11.1 Å². The first kappa shape index (κ1) is 26.9. The van der Waals surface area contributed by atoms with Gasteiger partial charge in [-0.25, -0.2) is 4.79 Å². The summed E-state index contributed by atoms with van der Waals surface area (Å²) in [5.41, 5.74) is 6.46. The second-order valence-corrected chi connectivity index (χ2v) is 6.51. The monoisotopic (exact) mass is 555 g/mol. The number of hydrogen-bond donors (Lipinski definition) is 3. The molecule has 4 N–H and O–H groups in total. The van der Waals surface area contributed by atoms with Crippen molar-refractivity contribution in [2.75, 3.05) is 20.3 Å². The Morgan fingerprint density at radius 1 is 1.09 bits per heavy atom. The lowest BCUT2D eigenvalue weighted by molar-refractivity contribution is -0.145. The topological polar surface area (TPSA) is 141 Å². The highest BCUT2D eigenvalue weighted by Crippen LogP contribution is 2.20. The quantitative estimate of drug-likeness (QED) is 0.135. The van der Waals surface area contributed by atoms with Gasteiger partial charge in [0.1, 0.15) is 17.3 Å². The van der Waals surface area contributed by atoms with Crippen molar-refractivity contribution in [2.24, 2.45) is 5.73 Å². The minimum atomic E-state index is -0.809. The normalized spacial score (nSPS) is 10.8. The Hall–Kier alpha value is -3.15. The van der Waals surface area contributed by atoms with Crippen LogP contribution in [0.25, 0.3) is 0 Å². The van der Waals surface area contributed by atoms with E-state index in [4.69, 9.17) is 25.4 Å². The molecule has 9 nitrogen and oxygen atoms in total. The van der Waals surface area contributed by atoms with Crippen LogP contribution in [0.2, 0.25) is 0 Å². The second kappa shape index (κ2) is 12.6. The molecule has 1 amide bonds. The molecule has 0 aromatic heterocycles. The maximum Gasteiger partial charge on any atom is 0.344 e. The van der Waals surface area contributed by atoms with E-state index < -0.39 is 17.9 Å². The molecule has 2 aromatic rings. The van der Waals surface area contributed by atoms with E-state index in [0.29, 0.717) is 16.9 Å². The minimum Gasteiger partial charge on any atom is -0.496 e. The number of Topliss-reactive ketones (excluding diaryl/α,β-unsaturated/α-hetero) is 1. The molecule has 0 aliphatic heterocycles. The Kier molecular flexibility index (Phi) is 10.6. The van der Waals surface area contributed by atoms with Gasteiger partial charge in [-0.3, -0.25) is 15.0 Å². The molecule has 0 fully saturated rings. The number of nitrogens with two attached hydrogens (primary N) is 1. The highest BCUT2D eigenvalue weighted by Gasteiger charge is 2.21. The molecule has 0 aliphatic rings. The first-order valence-electron chi connectivity index (χ1n) is 9.52. The molecule has 172 valence electrons. The van der Waals surface area contributed by atoms with Crippen LogP contribution in [0, 0.1) is 5.41 Å². The molecule has 2 aromatic carbocycles. The van der Waals surface area contributed by atoms with Crippen LogP contribution in [-0.4, -0.2) is 49.9 Å². The van der Waals surface area contributed by atoms with Crippen molar-refractivity contribution in [3.05, 3.63) is 59.2 Å². The average molecular weight is 555 g/mol. The van der Waals surface area contributed by atoms with Gasteiger partial charge >= 0.3 is 5.97 Å². The molecule has 10 heteroatoms. The summed E-state index contributed by atoms with van der Waals surface area (Å²) in [6, 6.07) is 9.91.